The average molecular weight is 310 g/mol. The molecule has 6 heteroatoms. The second-order valence-electron chi connectivity index (χ2n) is 4.96. The molecule has 2 aromatic rings. The van der Waals surface area contributed by atoms with E-state index in [1.807, 2.05) is 0 Å². The Bertz CT molecular complexity index is 794. The van der Waals surface area contributed by atoms with Crippen LogP contribution < -0.4 is 15.0 Å². The zero-order chi connectivity index (χ0) is 16.6. The Morgan fingerprint density at radius 1 is 1.04 bits per heavy atom. The van der Waals surface area contributed by atoms with Crippen LogP contribution in [-0.4, -0.2) is 31.9 Å². The van der Waals surface area contributed by atoms with Gasteiger partial charge in [0.15, 0.2) is 0 Å². The molecule has 0 aromatic heterocycles. The van der Waals surface area contributed by atoms with Gasteiger partial charge in [0.1, 0.15) is 5.75 Å². The Balaban J connectivity index is 2.14. The molecule has 0 bridgehead atoms. The van der Waals surface area contributed by atoms with Crippen molar-refractivity contribution in [3.05, 3.63) is 59.2 Å². The van der Waals surface area contributed by atoms with Crippen molar-refractivity contribution in [2.75, 3.05) is 19.1 Å². The molecular weight excluding hydrogens is 296 g/mol. The topological polar surface area (TPSA) is 75.7 Å². The molecule has 0 radical (unpaired) electrons. The van der Waals surface area contributed by atoms with Crippen LogP contribution in [0.15, 0.2) is 42.5 Å². The molecule has 0 atom stereocenters. The highest BCUT2D eigenvalue weighted by atomic mass is 16.5. The molecule has 116 valence electrons. The van der Waals surface area contributed by atoms with E-state index in [9.17, 15) is 14.4 Å². The first-order valence-corrected chi connectivity index (χ1v) is 6.96. The number of benzene rings is 2. The number of nitrogens with one attached hydrogen (secondary N) is 1. The van der Waals surface area contributed by atoms with Crippen LogP contribution in [0.5, 0.6) is 5.75 Å². The molecule has 1 aliphatic heterocycles. The molecule has 1 heterocycles. The molecule has 6 nitrogen and oxygen atoms in total. The normalized spacial score (nSPS) is 13.0. The third-order valence-corrected chi connectivity index (χ3v) is 3.70. The molecule has 0 aliphatic carbocycles. The van der Waals surface area contributed by atoms with E-state index < -0.39 is 11.8 Å². The maximum absolute atomic E-state index is 12.6. The SMILES string of the molecule is CNC(=O)c1ccc(OC)c(N2C(=O)c3ccccc3C2=O)c1. The number of rotatable bonds is 3. The summed E-state index contributed by atoms with van der Waals surface area (Å²) in [7, 11) is 2.95. The van der Waals surface area contributed by atoms with Gasteiger partial charge in [-0.2, -0.15) is 0 Å². The van der Waals surface area contributed by atoms with Gasteiger partial charge in [0.2, 0.25) is 0 Å². The van der Waals surface area contributed by atoms with E-state index in [0.717, 1.165) is 4.90 Å². The van der Waals surface area contributed by atoms with Gasteiger partial charge in [-0.25, -0.2) is 4.90 Å². The van der Waals surface area contributed by atoms with E-state index in [1.54, 1.807) is 36.4 Å². The van der Waals surface area contributed by atoms with Crippen molar-refractivity contribution in [3.63, 3.8) is 0 Å². The van der Waals surface area contributed by atoms with Crippen LogP contribution in [0.2, 0.25) is 0 Å². The van der Waals surface area contributed by atoms with E-state index in [0.29, 0.717) is 22.4 Å². The Morgan fingerprint density at radius 3 is 2.17 bits per heavy atom. The summed E-state index contributed by atoms with van der Waals surface area (Å²) in [5.74, 6) is -0.839. The number of methoxy groups -OCH3 is 1. The fourth-order valence-corrected chi connectivity index (χ4v) is 2.56. The van der Waals surface area contributed by atoms with Crippen molar-refractivity contribution in [1.29, 1.82) is 0 Å². The lowest BCUT2D eigenvalue weighted by atomic mass is 10.1. The number of carbonyl (C=O) groups is 3. The summed E-state index contributed by atoms with van der Waals surface area (Å²) < 4.78 is 5.24. The van der Waals surface area contributed by atoms with Crippen LogP contribution in [0, 0.1) is 0 Å². The van der Waals surface area contributed by atoms with E-state index in [4.69, 9.17) is 4.74 Å². The lowest BCUT2D eigenvalue weighted by Crippen LogP contribution is -2.30. The van der Waals surface area contributed by atoms with Crippen LogP contribution in [0.4, 0.5) is 5.69 Å². The van der Waals surface area contributed by atoms with Crippen molar-refractivity contribution in [2.45, 2.75) is 0 Å². The maximum atomic E-state index is 12.6. The average Bonchev–Trinajstić information content (AvgIpc) is 2.85. The smallest absolute Gasteiger partial charge is 0.266 e. The van der Waals surface area contributed by atoms with Gasteiger partial charge < -0.3 is 10.1 Å². The highest BCUT2D eigenvalue weighted by Crippen LogP contribution is 2.35. The summed E-state index contributed by atoms with van der Waals surface area (Å²) in [5, 5.41) is 2.51. The van der Waals surface area contributed by atoms with E-state index in [2.05, 4.69) is 5.32 Å². The molecule has 0 saturated heterocycles. The zero-order valence-electron chi connectivity index (χ0n) is 12.6. The van der Waals surface area contributed by atoms with Gasteiger partial charge in [-0.15, -0.1) is 0 Å². The summed E-state index contributed by atoms with van der Waals surface area (Å²) in [5.41, 5.74) is 1.26. The van der Waals surface area contributed by atoms with Crippen LogP contribution in [0.3, 0.4) is 0 Å². The van der Waals surface area contributed by atoms with Gasteiger partial charge in [-0.3, -0.25) is 14.4 Å². The van der Waals surface area contributed by atoms with E-state index >= 15 is 0 Å². The molecule has 0 fully saturated rings. The zero-order valence-corrected chi connectivity index (χ0v) is 12.6. The maximum Gasteiger partial charge on any atom is 0.266 e. The minimum Gasteiger partial charge on any atom is -0.495 e. The van der Waals surface area contributed by atoms with E-state index in [1.165, 1.54) is 20.2 Å². The van der Waals surface area contributed by atoms with Crippen LogP contribution >= 0.6 is 0 Å². The van der Waals surface area contributed by atoms with Crippen molar-refractivity contribution in [2.24, 2.45) is 0 Å². The molecule has 0 spiro atoms. The highest BCUT2D eigenvalue weighted by Gasteiger charge is 2.38. The first kappa shape index (κ1) is 14.8. The van der Waals surface area contributed by atoms with Crippen molar-refractivity contribution in [1.82, 2.24) is 5.32 Å². The lowest BCUT2D eigenvalue weighted by Gasteiger charge is -2.18. The third-order valence-electron chi connectivity index (χ3n) is 3.70. The van der Waals surface area contributed by atoms with Crippen LogP contribution in [0.25, 0.3) is 0 Å². The van der Waals surface area contributed by atoms with Gasteiger partial charge in [-0.05, 0) is 30.3 Å². The number of hydrogen-bond donors (Lipinski definition) is 1. The predicted octanol–water partition coefficient (Wildman–Crippen LogP) is 1.86. The standard InChI is InChI=1S/C17H14N2O4/c1-18-15(20)10-7-8-14(23-2)13(9-10)19-16(21)11-5-3-4-6-12(11)17(19)22/h3-9H,1-2H3,(H,18,20). The molecule has 2 aromatic carbocycles. The number of ether oxygens (including phenoxy) is 1. The molecule has 0 saturated carbocycles. The Hall–Kier alpha value is -3.15. The van der Waals surface area contributed by atoms with Crippen molar-refractivity contribution in [3.8, 4) is 5.75 Å². The Labute approximate surface area is 132 Å². The summed E-state index contributed by atoms with van der Waals surface area (Å²) in [4.78, 5) is 38.0. The molecule has 0 unspecified atom stereocenters. The lowest BCUT2D eigenvalue weighted by molar-refractivity contribution is 0.0920. The van der Waals surface area contributed by atoms with Crippen LogP contribution in [0.1, 0.15) is 31.1 Å². The third kappa shape index (κ3) is 2.24. The quantitative estimate of drug-likeness (QED) is 0.878. The fraction of sp³-hybridized carbons (Fsp3) is 0.118. The largest absolute Gasteiger partial charge is 0.495 e. The monoisotopic (exact) mass is 310 g/mol. The fourth-order valence-electron chi connectivity index (χ4n) is 2.56. The highest BCUT2D eigenvalue weighted by molar-refractivity contribution is 6.35. The van der Waals surface area contributed by atoms with Gasteiger partial charge in [0.05, 0.1) is 23.9 Å². The Morgan fingerprint density at radius 2 is 1.65 bits per heavy atom. The van der Waals surface area contributed by atoms with Gasteiger partial charge >= 0.3 is 0 Å². The molecule has 3 amide bonds. The van der Waals surface area contributed by atoms with Crippen molar-refractivity contribution >= 4 is 23.4 Å². The van der Waals surface area contributed by atoms with Gasteiger partial charge in [-0.1, -0.05) is 12.1 Å². The number of imide groups is 1. The number of carbonyl (C=O) groups excluding carboxylic acids is 3. The first-order chi connectivity index (χ1) is 11.1. The number of amides is 3. The van der Waals surface area contributed by atoms with Crippen molar-refractivity contribution < 1.29 is 19.1 Å². The molecule has 1 N–H and O–H groups in total. The molecular formula is C17H14N2O4. The van der Waals surface area contributed by atoms with Gasteiger partial charge in [0, 0.05) is 12.6 Å². The number of fused-ring (bicyclic) bond motifs is 1. The second-order valence-corrected chi connectivity index (χ2v) is 4.96. The number of anilines is 1. The molecule has 3 rings (SSSR count). The summed E-state index contributed by atoms with van der Waals surface area (Å²) in [6.07, 6.45) is 0. The summed E-state index contributed by atoms with van der Waals surface area (Å²) in [6.45, 7) is 0. The second kappa shape index (κ2) is 5.57. The Kier molecular flexibility index (Phi) is 3.57. The van der Waals surface area contributed by atoms with Crippen LogP contribution in [-0.2, 0) is 0 Å². The van der Waals surface area contributed by atoms with Gasteiger partial charge in [0.25, 0.3) is 17.7 Å². The molecule has 1 aliphatic rings. The number of hydrogen-bond acceptors (Lipinski definition) is 4. The predicted molar refractivity (Wildman–Crippen MR) is 84.0 cm³/mol. The number of nitrogens with zero attached hydrogens (tertiary/aromatic N) is 1. The first-order valence-electron chi connectivity index (χ1n) is 6.96. The summed E-state index contributed by atoms with van der Waals surface area (Å²) in [6, 6.07) is 11.2. The summed E-state index contributed by atoms with van der Waals surface area (Å²) >= 11 is 0. The minimum absolute atomic E-state index is 0.250. The minimum atomic E-state index is -0.432. The molecule has 23 heavy (non-hydrogen) atoms. The van der Waals surface area contributed by atoms with E-state index in [-0.39, 0.29) is 11.6 Å².